The Hall–Kier alpha value is -0.640. The first-order chi connectivity index (χ1) is 10.1. The van der Waals surface area contributed by atoms with E-state index in [1.807, 2.05) is 0 Å². The van der Waals surface area contributed by atoms with E-state index in [1.165, 1.54) is 27.5 Å². The SMILES string of the molecule is Cc1cc(Br)cc(C(Br)c2ccc(Br)c3ccccc23)c1. The van der Waals surface area contributed by atoms with E-state index in [4.69, 9.17) is 0 Å². The number of alkyl halides is 1. The second-order valence-electron chi connectivity index (χ2n) is 5.11. The minimum Gasteiger partial charge on any atom is -0.0786 e. The fraction of sp³-hybridized carbons (Fsp3) is 0.111. The summed E-state index contributed by atoms with van der Waals surface area (Å²) in [7, 11) is 0. The van der Waals surface area contributed by atoms with Crippen LogP contribution in [0.2, 0.25) is 0 Å². The summed E-state index contributed by atoms with van der Waals surface area (Å²) in [6.07, 6.45) is 0. The van der Waals surface area contributed by atoms with Crippen LogP contribution in [0.1, 0.15) is 21.5 Å². The summed E-state index contributed by atoms with van der Waals surface area (Å²) in [4.78, 5) is 0.173. The molecule has 21 heavy (non-hydrogen) atoms. The average Bonchev–Trinajstić information content (AvgIpc) is 2.46. The zero-order valence-corrected chi connectivity index (χ0v) is 16.2. The number of aryl methyl sites for hydroxylation is 1. The maximum atomic E-state index is 3.87. The van der Waals surface area contributed by atoms with Crippen LogP contribution in [-0.4, -0.2) is 0 Å². The molecule has 3 aromatic carbocycles. The summed E-state index contributed by atoms with van der Waals surface area (Å²) in [6, 6.07) is 19.3. The van der Waals surface area contributed by atoms with E-state index in [1.54, 1.807) is 0 Å². The van der Waals surface area contributed by atoms with Crippen molar-refractivity contribution >= 4 is 58.6 Å². The molecule has 0 bridgehead atoms. The third-order valence-corrected chi connectivity index (χ3v) is 5.71. The largest absolute Gasteiger partial charge is 0.0786 e. The molecule has 1 unspecified atom stereocenters. The molecular weight excluding hydrogens is 456 g/mol. The van der Waals surface area contributed by atoms with Crippen molar-refractivity contribution in [1.82, 2.24) is 0 Å². The van der Waals surface area contributed by atoms with E-state index in [2.05, 4.69) is 109 Å². The third-order valence-electron chi connectivity index (χ3n) is 3.53. The first-order valence-corrected chi connectivity index (χ1v) is 9.15. The molecule has 3 aromatic rings. The molecule has 0 N–H and O–H groups in total. The normalized spacial score (nSPS) is 12.6. The van der Waals surface area contributed by atoms with E-state index in [9.17, 15) is 0 Å². The predicted molar refractivity (Wildman–Crippen MR) is 101 cm³/mol. The van der Waals surface area contributed by atoms with Crippen LogP contribution < -0.4 is 0 Å². The summed E-state index contributed by atoms with van der Waals surface area (Å²) < 4.78 is 2.25. The molecule has 0 spiro atoms. The highest BCUT2D eigenvalue weighted by Gasteiger charge is 2.15. The Morgan fingerprint density at radius 2 is 1.57 bits per heavy atom. The van der Waals surface area contributed by atoms with Gasteiger partial charge in [0.2, 0.25) is 0 Å². The standard InChI is InChI=1S/C18H13Br3/c1-11-8-12(10-13(19)9-11)18(21)16-6-7-17(20)15-5-3-2-4-14(15)16/h2-10,18H,1H3. The van der Waals surface area contributed by atoms with Gasteiger partial charge < -0.3 is 0 Å². The third kappa shape index (κ3) is 3.10. The van der Waals surface area contributed by atoms with Crippen molar-refractivity contribution in [2.24, 2.45) is 0 Å². The second kappa shape index (κ2) is 6.23. The average molecular weight is 469 g/mol. The topological polar surface area (TPSA) is 0 Å². The van der Waals surface area contributed by atoms with Crippen molar-refractivity contribution < 1.29 is 0 Å². The first-order valence-electron chi connectivity index (χ1n) is 6.64. The number of halogens is 3. The lowest BCUT2D eigenvalue weighted by Crippen LogP contribution is -1.95. The number of benzene rings is 3. The molecule has 0 saturated carbocycles. The van der Waals surface area contributed by atoms with Crippen LogP contribution in [0.3, 0.4) is 0 Å². The zero-order chi connectivity index (χ0) is 15.0. The molecule has 0 aliphatic heterocycles. The molecule has 0 aliphatic carbocycles. The quantitative estimate of drug-likeness (QED) is 0.350. The van der Waals surface area contributed by atoms with Gasteiger partial charge in [-0.1, -0.05) is 84.2 Å². The van der Waals surface area contributed by atoms with E-state index >= 15 is 0 Å². The van der Waals surface area contributed by atoms with Gasteiger partial charge in [0.05, 0.1) is 4.83 Å². The van der Waals surface area contributed by atoms with Gasteiger partial charge >= 0.3 is 0 Å². The van der Waals surface area contributed by atoms with Crippen LogP contribution in [0.4, 0.5) is 0 Å². The lowest BCUT2D eigenvalue weighted by molar-refractivity contribution is 1.18. The summed E-state index contributed by atoms with van der Waals surface area (Å²) >= 11 is 11.1. The molecule has 0 amide bonds. The fourth-order valence-corrected chi connectivity index (χ4v) is 4.36. The molecule has 0 heterocycles. The van der Waals surface area contributed by atoms with Gasteiger partial charge in [-0.15, -0.1) is 0 Å². The van der Waals surface area contributed by atoms with Gasteiger partial charge in [-0.3, -0.25) is 0 Å². The molecule has 0 radical (unpaired) electrons. The van der Waals surface area contributed by atoms with Gasteiger partial charge in [-0.2, -0.15) is 0 Å². The van der Waals surface area contributed by atoms with E-state index in [0.717, 1.165) is 8.95 Å². The number of fused-ring (bicyclic) bond motifs is 1. The van der Waals surface area contributed by atoms with Crippen molar-refractivity contribution in [3.8, 4) is 0 Å². The van der Waals surface area contributed by atoms with E-state index < -0.39 is 0 Å². The van der Waals surface area contributed by atoms with Crippen LogP contribution in [-0.2, 0) is 0 Å². The minimum atomic E-state index is 0.173. The zero-order valence-electron chi connectivity index (χ0n) is 11.4. The molecule has 0 nitrogen and oxygen atoms in total. The molecular formula is C18H13Br3. The molecule has 0 saturated heterocycles. The molecule has 106 valence electrons. The predicted octanol–water partition coefficient (Wildman–Crippen LogP) is 7.16. The van der Waals surface area contributed by atoms with Gasteiger partial charge in [0.25, 0.3) is 0 Å². The smallest absolute Gasteiger partial charge is 0.0651 e. The van der Waals surface area contributed by atoms with Crippen molar-refractivity contribution in [3.05, 3.63) is 80.2 Å². The van der Waals surface area contributed by atoms with Crippen molar-refractivity contribution in [2.45, 2.75) is 11.8 Å². The molecule has 0 aromatic heterocycles. The van der Waals surface area contributed by atoms with E-state index in [-0.39, 0.29) is 4.83 Å². The second-order valence-corrected chi connectivity index (χ2v) is 7.79. The van der Waals surface area contributed by atoms with Crippen molar-refractivity contribution in [2.75, 3.05) is 0 Å². The highest BCUT2D eigenvalue weighted by molar-refractivity contribution is 9.11. The molecule has 3 rings (SSSR count). The molecule has 0 fully saturated rings. The van der Waals surface area contributed by atoms with Crippen LogP contribution >= 0.6 is 47.8 Å². The Morgan fingerprint density at radius 3 is 2.29 bits per heavy atom. The number of rotatable bonds is 2. The first kappa shape index (κ1) is 15.3. The van der Waals surface area contributed by atoms with Gasteiger partial charge in [-0.05, 0) is 52.6 Å². The monoisotopic (exact) mass is 466 g/mol. The Labute approximate surface area is 150 Å². The summed E-state index contributed by atoms with van der Waals surface area (Å²) in [5.74, 6) is 0. The lowest BCUT2D eigenvalue weighted by atomic mass is 9.97. The van der Waals surface area contributed by atoms with Crippen molar-refractivity contribution in [3.63, 3.8) is 0 Å². The Morgan fingerprint density at radius 1 is 0.857 bits per heavy atom. The highest BCUT2D eigenvalue weighted by atomic mass is 79.9. The van der Waals surface area contributed by atoms with Crippen LogP contribution in [0.15, 0.2) is 63.5 Å². The maximum absolute atomic E-state index is 3.87. The van der Waals surface area contributed by atoms with Gasteiger partial charge in [0.15, 0.2) is 0 Å². The number of hydrogen-bond acceptors (Lipinski definition) is 0. The number of hydrogen-bond donors (Lipinski definition) is 0. The van der Waals surface area contributed by atoms with Gasteiger partial charge in [-0.25, -0.2) is 0 Å². The van der Waals surface area contributed by atoms with Gasteiger partial charge in [0, 0.05) is 8.95 Å². The van der Waals surface area contributed by atoms with E-state index in [0.29, 0.717) is 0 Å². The Balaban J connectivity index is 2.18. The summed E-state index contributed by atoms with van der Waals surface area (Å²) in [6.45, 7) is 2.12. The molecule has 1 atom stereocenters. The van der Waals surface area contributed by atoms with Crippen LogP contribution in [0, 0.1) is 6.92 Å². The Bertz CT molecular complexity index is 788. The van der Waals surface area contributed by atoms with Gasteiger partial charge in [0.1, 0.15) is 0 Å². The van der Waals surface area contributed by atoms with Crippen molar-refractivity contribution in [1.29, 1.82) is 0 Å². The van der Waals surface area contributed by atoms with Crippen LogP contribution in [0.5, 0.6) is 0 Å². The minimum absolute atomic E-state index is 0.173. The van der Waals surface area contributed by atoms with Crippen LogP contribution in [0.25, 0.3) is 10.8 Å². The summed E-state index contributed by atoms with van der Waals surface area (Å²) in [5.41, 5.74) is 3.80. The molecule has 3 heteroatoms. The highest BCUT2D eigenvalue weighted by Crippen LogP contribution is 2.38. The fourth-order valence-electron chi connectivity index (χ4n) is 2.60. The maximum Gasteiger partial charge on any atom is 0.0651 e. The summed E-state index contributed by atoms with van der Waals surface area (Å²) in [5, 5.41) is 2.51. The Kier molecular flexibility index (Phi) is 4.53. The lowest BCUT2D eigenvalue weighted by Gasteiger charge is -2.15. The molecule has 0 aliphatic rings.